The second-order valence-corrected chi connectivity index (χ2v) is 5.65. The standard InChI is InChI=1S/C17H22N2O2/c1-21-15-9-7-8-14(12-15)16(20)19-17(13-18)10-5-3-2-4-6-11-17/h7-9,12H,2-6,10-11H2,1H3,(H,19,20). The molecule has 1 amide bonds. The van der Waals surface area contributed by atoms with Crippen LogP contribution in [0.1, 0.15) is 55.3 Å². The summed E-state index contributed by atoms with van der Waals surface area (Å²) in [4.78, 5) is 12.4. The summed E-state index contributed by atoms with van der Waals surface area (Å²) in [6.45, 7) is 0. The van der Waals surface area contributed by atoms with Gasteiger partial charge < -0.3 is 10.1 Å². The van der Waals surface area contributed by atoms with Crippen molar-refractivity contribution >= 4 is 5.91 Å². The lowest BCUT2D eigenvalue weighted by molar-refractivity contribution is 0.0907. The highest BCUT2D eigenvalue weighted by atomic mass is 16.5. The molecule has 0 saturated heterocycles. The van der Waals surface area contributed by atoms with Crippen LogP contribution in [0.5, 0.6) is 5.75 Å². The van der Waals surface area contributed by atoms with Gasteiger partial charge in [0.1, 0.15) is 11.3 Å². The topological polar surface area (TPSA) is 62.1 Å². The van der Waals surface area contributed by atoms with Gasteiger partial charge >= 0.3 is 0 Å². The van der Waals surface area contributed by atoms with Gasteiger partial charge in [-0.25, -0.2) is 0 Å². The van der Waals surface area contributed by atoms with Crippen LogP contribution in [0.2, 0.25) is 0 Å². The molecule has 2 rings (SSSR count). The Morgan fingerprint density at radius 1 is 1.24 bits per heavy atom. The Labute approximate surface area is 126 Å². The van der Waals surface area contributed by atoms with Crippen molar-refractivity contribution in [3.63, 3.8) is 0 Å². The third kappa shape index (κ3) is 3.98. The highest BCUT2D eigenvalue weighted by Crippen LogP contribution is 2.26. The molecule has 0 aliphatic heterocycles. The van der Waals surface area contributed by atoms with E-state index in [2.05, 4.69) is 11.4 Å². The van der Waals surface area contributed by atoms with Crippen molar-refractivity contribution in [1.29, 1.82) is 5.26 Å². The van der Waals surface area contributed by atoms with Crippen LogP contribution in [-0.4, -0.2) is 18.6 Å². The zero-order valence-electron chi connectivity index (χ0n) is 12.5. The van der Waals surface area contributed by atoms with Crippen LogP contribution < -0.4 is 10.1 Å². The number of carbonyl (C=O) groups excluding carboxylic acids is 1. The number of hydrogen-bond donors (Lipinski definition) is 1. The molecule has 1 fully saturated rings. The summed E-state index contributed by atoms with van der Waals surface area (Å²) < 4.78 is 5.14. The molecule has 0 heterocycles. The van der Waals surface area contributed by atoms with E-state index in [1.807, 2.05) is 0 Å². The zero-order valence-corrected chi connectivity index (χ0v) is 12.5. The summed E-state index contributed by atoms with van der Waals surface area (Å²) in [5, 5.41) is 12.5. The van der Waals surface area contributed by atoms with E-state index in [9.17, 15) is 10.1 Å². The van der Waals surface area contributed by atoms with E-state index >= 15 is 0 Å². The molecule has 1 aliphatic rings. The van der Waals surface area contributed by atoms with Crippen LogP contribution in [0, 0.1) is 11.3 Å². The molecule has 1 N–H and O–H groups in total. The first-order chi connectivity index (χ1) is 10.2. The van der Waals surface area contributed by atoms with Gasteiger partial charge in [0, 0.05) is 5.56 Å². The van der Waals surface area contributed by atoms with Crippen molar-refractivity contribution in [2.24, 2.45) is 0 Å². The molecule has 1 aromatic rings. The fourth-order valence-electron chi connectivity index (χ4n) is 2.83. The van der Waals surface area contributed by atoms with E-state index in [4.69, 9.17) is 4.74 Å². The van der Waals surface area contributed by atoms with Crippen LogP contribution in [0.3, 0.4) is 0 Å². The minimum absolute atomic E-state index is 0.198. The number of methoxy groups -OCH3 is 1. The summed E-state index contributed by atoms with van der Waals surface area (Å²) in [6, 6.07) is 9.37. The van der Waals surface area contributed by atoms with Crippen LogP contribution in [-0.2, 0) is 0 Å². The van der Waals surface area contributed by atoms with Crippen molar-refractivity contribution in [2.45, 2.75) is 50.5 Å². The molecular weight excluding hydrogens is 264 g/mol. The number of amides is 1. The number of benzene rings is 1. The van der Waals surface area contributed by atoms with Crippen LogP contribution in [0.25, 0.3) is 0 Å². The molecule has 0 spiro atoms. The predicted molar refractivity (Wildman–Crippen MR) is 81.1 cm³/mol. The normalized spacial score (nSPS) is 17.9. The molecule has 0 atom stereocenters. The van der Waals surface area contributed by atoms with Crippen molar-refractivity contribution in [2.75, 3.05) is 7.11 Å². The maximum atomic E-state index is 12.4. The largest absolute Gasteiger partial charge is 0.497 e. The minimum atomic E-state index is -0.722. The van der Waals surface area contributed by atoms with Gasteiger partial charge in [-0.1, -0.05) is 38.2 Å². The Bertz CT molecular complexity index is 526. The number of nitrogens with one attached hydrogen (secondary N) is 1. The van der Waals surface area contributed by atoms with Gasteiger partial charge in [-0.2, -0.15) is 5.26 Å². The third-order valence-corrected chi connectivity index (χ3v) is 4.11. The van der Waals surface area contributed by atoms with Gasteiger partial charge in [0.15, 0.2) is 0 Å². The maximum absolute atomic E-state index is 12.4. The molecule has 4 nitrogen and oxygen atoms in total. The van der Waals surface area contributed by atoms with Gasteiger partial charge in [0.25, 0.3) is 5.91 Å². The molecular formula is C17H22N2O2. The fourth-order valence-corrected chi connectivity index (χ4v) is 2.83. The quantitative estimate of drug-likeness (QED) is 0.926. The van der Waals surface area contributed by atoms with Gasteiger partial charge in [-0.15, -0.1) is 0 Å². The lowest BCUT2D eigenvalue weighted by Gasteiger charge is -2.29. The lowest BCUT2D eigenvalue weighted by atomic mass is 9.85. The van der Waals surface area contributed by atoms with E-state index in [1.54, 1.807) is 31.4 Å². The Morgan fingerprint density at radius 3 is 2.52 bits per heavy atom. The molecule has 0 aromatic heterocycles. The van der Waals surface area contributed by atoms with Crippen molar-refractivity contribution in [1.82, 2.24) is 5.32 Å². The van der Waals surface area contributed by atoms with Crippen molar-refractivity contribution in [3.8, 4) is 11.8 Å². The van der Waals surface area contributed by atoms with Gasteiger partial charge in [0.2, 0.25) is 0 Å². The molecule has 21 heavy (non-hydrogen) atoms. The minimum Gasteiger partial charge on any atom is -0.497 e. The molecule has 1 saturated carbocycles. The summed E-state index contributed by atoms with van der Waals surface area (Å²) in [7, 11) is 1.57. The predicted octanol–water partition coefficient (Wildman–Crippen LogP) is 3.43. The number of nitrogens with zero attached hydrogens (tertiary/aromatic N) is 1. The second kappa shape index (κ2) is 7.12. The van der Waals surface area contributed by atoms with E-state index in [0.717, 1.165) is 38.5 Å². The Morgan fingerprint density at radius 2 is 1.90 bits per heavy atom. The Hall–Kier alpha value is -2.02. The summed E-state index contributed by atoms with van der Waals surface area (Å²) in [5.41, 5.74) is -0.188. The van der Waals surface area contributed by atoms with E-state index < -0.39 is 5.54 Å². The van der Waals surface area contributed by atoms with Gasteiger partial charge in [-0.3, -0.25) is 4.79 Å². The highest BCUT2D eigenvalue weighted by Gasteiger charge is 2.32. The molecule has 4 heteroatoms. The van der Waals surface area contributed by atoms with Crippen LogP contribution in [0.4, 0.5) is 0 Å². The fraction of sp³-hybridized carbons (Fsp3) is 0.529. The first-order valence-corrected chi connectivity index (χ1v) is 7.57. The monoisotopic (exact) mass is 286 g/mol. The number of ether oxygens (including phenoxy) is 1. The highest BCUT2D eigenvalue weighted by molar-refractivity contribution is 5.95. The Balaban J connectivity index is 2.12. The average molecular weight is 286 g/mol. The molecule has 1 aromatic carbocycles. The number of carbonyl (C=O) groups is 1. The first kappa shape index (κ1) is 15.4. The number of hydrogen-bond acceptors (Lipinski definition) is 3. The molecule has 112 valence electrons. The molecule has 1 aliphatic carbocycles. The second-order valence-electron chi connectivity index (χ2n) is 5.65. The summed E-state index contributed by atoms with van der Waals surface area (Å²) >= 11 is 0. The Kier molecular flexibility index (Phi) is 5.21. The number of nitriles is 1. The van der Waals surface area contributed by atoms with Crippen molar-refractivity contribution < 1.29 is 9.53 Å². The zero-order chi connectivity index (χ0) is 15.1. The van der Waals surface area contributed by atoms with E-state index in [-0.39, 0.29) is 5.91 Å². The van der Waals surface area contributed by atoms with E-state index in [1.165, 1.54) is 6.42 Å². The van der Waals surface area contributed by atoms with E-state index in [0.29, 0.717) is 11.3 Å². The summed E-state index contributed by atoms with van der Waals surface area (Å²) in [6.07, 6.45) is 6.96. The molecule has 0 unspecified atom stereocenters. The van der Waals surface area contributed by atoms with Gasteiger partial charge in [-0.05, 0) is 31.0 Å². The smallest absolute Gasteiger partial charge is 0.252 e. The van der Waals surface area contributed by atoms with Crippen LogP contribution in [0.15, 0.2) is 24.3 Å². The maximum Gasteiger partial charge on any atom is 0.252 e. The molecule has 0 radical (unpaired) electrons. The first-order valence-electron chi connectivity index (χ1n) is 7.57. The average Bonchev–Trinajstić information content (AvgIpc) is 2.50. The third-order valence-electron chi connectivity index (χ3n) is 4.11. The van der Waals surface area contributed by atoms with Crippen LogP contribution >= 0.6 is 0 Å². The van der Waals surface area contributed by atoms with Crippen molar-refractivity contribution in [3.05, 3.63) is 29.8 Å². The number of rotatable bonds is 3. The molecule has 0 bridgehead atoms. The lowest BCUT2D eigenvalue weighted by Crippen LogP contribution is -2.47. The summed E-state index contributed by atoms with van der Waals surface area (Å²) in [5.74, 6) is 0.447. The van der Waals surface area contributed by atoms with Gasteiger partial charge in [0.05, 0.1) is 13.2 Å². The SMILES string of the molecule is COc1cccc(C(=O)NC2(C#N)CCCCCCC2)c1.